The molecule has 0 radical (unpaired) electrons. The summed E-state index contributed by atoms with van der Waals surface area (Å²) in [6, 6.07) is 14.4. The molecule has 0 saturated heterocycles. The van der Waals surface area contributed by atoms with Crippen molar-refractivity contribution in [2.24, 2.45) is 0 Å². The van der Waals surface area contributed by atoms with Gasteiger partial charge in [-0.25, -0.2) is 0 Å². The summed E-state index contributed by atoms with van der Waals surface area (Å²) in [5.74, 6) is -2.07. The van der Waals surface area contributed by atoms with E-state index in [0.29, 0.717) is 11.8 Å². The van der Waals surface area contributed by atoms with E-state index in [2.05, 4.69) is 0 Å². The molecule has 5 nitrogen and oxygen atoms in total. The average molecular weight is 486 g/mol. The van der Waals surface area contributed by atoms with Crippen LogP contribution in [0.1, 0.15) is 65.2 Å². The predicted molar refractivity (Wildman–Crippen MR) is 125 cm³/mol. The third-order valence-corrected chi connectivity index (χ3v) is 5.86. The fraction of sp³-hybridized carbons (Fsp3) is 0.259. The number of hydrogen-bond acceptors (Lipinski definition) is 4. The smallest absolute Gasteiger partial charge is 0.419 e. The molecule has 3 aromatic carbocycles. The largest absolute Gasteiger partial charge is 0.507 e. The van der Waals surface area contributed by atoms with Gasteiger partial charge in [0.15, 0.2) is 6.29 Å². The van der Waals surface area contributed by atoms with Gasteiger partial charge in [-0.05, 0) is 53.3 Å². The Kier molecular flexibility index (Phi) is 7.53. The van der Waals surface area contributed by atoms with Gasteiger partial charge in [0.05, 0.1) is 17.0 Å². The summed E-state index contributed by atoms with van der Waals surface area (Å²) in [6.07, 6.45) is -4.61. The highest BCUT2D eigenvalue weighted by atomic mass is 19.4. The van der Waals surface area contributed by atoms with Gasteiger partial charge in [0.2, 0.25) is 0 Å². The molecule has 3 aromatic rings. The molecule has 184 valence electrons. The van der Waals surface area contributed by atoms with E-state index in [1.807, 2.05) is 38.1 Å². The Morgan fingerprint density at radius 2 is 1.69 bits per heavy atom. The lowest BCUT2D eigenvalue weighted by molar-refractivity contribution is -0.139. The first-order valence-corrected chi connectivity index (χ1v) is 10.9. The second kappa shape index (κ2) is 10.2. The summed E-state index contributed by atoms with van der Waals surface area (Å²) in [6.45, 7) is 5.48. The standard InChI is InChI=1S/C27H25F3O5/c1-15(2)22-12-18(16(3)26(33)34)6-10-21(22)17-4-8-20(9-5-17)35-14-19-7-11-24(27(28,29)30)25(32)23(19)13-31/h4-13,15-16,32H,14H2,1-3H3,(H,33,34). The van der Waals surface area contributed by atoms with Crippen LogP contribution in [0.2, 0.25) is 0 Å². The lowest BCUT2D eigenvalue weighted by Crippen LogP contribution is -2.09. The Bertz CT molecular complexity index is 1230. The van der Waals surface area contributed by atoms with Crippen LogP contribution >= 0.6 is 0 Å². The fourth-order valence-corrected chi connectivity index (χ4v) is 3.76. The SMILES string of the molecule is CC(C)c1cc(C(C)C(=O)O)ccc1-c1ccc(OCc2ccc(C(F)(F)F)c(O)c2C=O)cc1. The molecular formula is C27H25F3O5. The molecule has 1 atom stereocenters. The van der Waals surface area contributed by atoms with E-state index in [-0.39, 0.29) is 24.4 Å². The van der Waals surface area contributed by atoms with Gasteiger partial charge in [0.25, 0.3) is 0 Å². The number of aromatic hydroxyl groups is 1. The summed E-state index contributed by atoms with van der Waals surface area (Å²) < 4.78 is 44.5. The molecule has 0 saturated carbocycles. The van der Waals surface area contributed by atoms with E-state index in [9.17, 15) is 33.0 Å². The molecule has 0 bridgehead atoms. The van der Waals surface area contributed by atoms with E-state index in [1.54, 1.807) is 25.1 Å². The van der Waals surface area contributed by atoms with Gasteiger partial charge in [0.1, 0.15) is 18.1 Å². The Morgan fingerprint density at radius 3 is 2.23 bits per heavy atom. The van der Waals surface area contributed by atoms with Crippen molar-refractivity contribution in [3.8, 4) is 22.6 Å². The van der Waals surface area contributed by atoms with Gasteiger partial charge < -0.3 is 14.9 Å². The maximum Gasteiger partial charge on any atom is 0.419 e. The van der Waals surface area contributed by atoms with E-state index in [0.717, 1.165) is 28.3 Å². The van der Waals surface area contributed by atoms with Crippen LogP contribution in [-0.2, 0) is 17.6 Å². The number of aldehydes is 1. The molecule has 0 spiro atoms. The summed E-state index contributed by atoms with van der Waals surface area (Å²) in [7, 11) is 0. The Balaban J connectivity index is 1.83. The number of ether oxygens (including phenoxy) is 1. The number of phenolic OH excluding ortho intramolecular Hbond substituents is 1. The summed E-state index contributed by atoms with van der Waals surface area (Å²) in [5, 5.41) is 19.2. The number of hydrogen-bond donors (Lipinski definition) is 2. The van der Waals surface area contributed by atoms with Gasteiger partial charge in [-0.2, -0.15) is 13.2 Å². The zero-order chi connectivity index (χ0) is 25.9. The predicted octanol–water partition coefficient (Wildman–Crippen LogP) is 6.78. The van der Waals surface area contributed by atoms with E-state index >= 15 is 0 Å². The molecule has 0 fully saturated rings. The van der Waals surface area contributed by atoms with Crippen LogP contribution in [0.15, 0.2) is 54.6 Å². The minimum absolute atomic E-state index is 0.125. The lowest BCUT2D eigenvalue weighted by Gasteiger charge is -2.17. The number of carboxylic acids is 1. The van der Waals surface area contributed by atoms with Gasteiger partial charge in [0, 0.05) is 5.56 Å². The third-order valence-electron chi connectivity index (χ3n) is 5.86. The van der Waals surface area contributed by atoms with Gasteiger partial charge in [-0.1, -0.05) is 50.2 Å². The van der Waals surface area contributed by atoms with Crippen molar-refractivity contribution in [3.63, 3.8) is 0 Å². The van der Waals surface area contributed by atoms with Crippen LogP contribution in [-0.4, -0.2) is 22.5 Å². The number of benzene rings is 3. The van der Waals surface area contributed by atoms with Crippen LogP contribution in [0.3, 0.4) is 0 Å². The number of carboxylic acid groups (broad SMARTS) is 1. The van der Waals surface area contributed by atoms with Crippen LogP contribution in [0, 0.1) is 0 Å². The number of alkyl halides is 3. The monoisotopic (exact) mass is 486 g/mol. The highest BCUT2D eigenvalue weighted by Crippen LogP contribution is 2.38. The number of phenols is 1. The van der Waals surface area contributed by atoms with Crippen LogP contribution in [0.5, 0.6) is 11.5 Å². The van der Waals surface area contributed by atoms with Crippen molar-refractivity contribution < 1.29 is 37.7 Å². The first-order chi connectivity index (χ1) is 16.4. The minimum Gasteiger partial charge on any atom is -0.507 e. The molecule has 0 aliphatic heterocycles. The zero-order valence-corrected chi connectivity index (χ0v) is 19.4. The van der Waals surface area contributed by atoms with Crippen molar-refractivity contribution in [3.05, 3.63) is 82.4 Å². The first-order valence-electron chi connectivity index (χ1n) is 10.9. The number of carbonyl (C=O) groups excluding carboxylic acids is 1. The van der Waals surface area contributed by atoms with Crippen molar-refractivity contribution in [2.75, 3.05) is 0 Å². The molecule has 3 rings (SSSR count). The number of halogens is 3. The topological polar surface area (TPSA) is 83.8 Å². The van der Waals surface area contributed by atoms with E-state index < -0.39 is 34.9 Å². The molecule has 1 unspecified atom stereocenters. The van der Waals surface area contributed by atoms with Crippen molar-refractivity contribution in [1.29, 1.82) is 0 Å². The third kappa shape index (κ3) is 5.65. The van der Waals surface area contributed by atoms with Crippen molar-refractivity contribution in [2.45, 2.75) is 45.4 Å². The van der Waals surface area contributed by atoms with Crippen LogP contribution in [0.25, 0.3) is 11.1 Å². The quantitative estimate of drug-likeness (QED) is 0.343. The minimum atomic E-state index is -4.78. The summed E-state index contributed by atoms with van der Waals surface area (Å²) in [4.78, 5) is 22.7. The Labute approximate surface area is 200 Å². The molecule has 35 heavy (non-hydrogen) atoms. The molecule has 2 N–H and O–H groups in total. The molecular weight excluding hydrogens is 461 g/mol. The molecule has 0 aliphatic rings. The second-order valence-electron chi connectivity index (χ2n) is 8.52. The molecule has 0 amide bonds. The molecule has 8 heteroatoms. The van der Waals surface area contributed by atoms with E-state index in [1.165, 1.54) is 0 Å². The lowest BCUT2D eigenvalue weighted by atomic mass is 9.88. The summed E-state index contributed by atoms with van der Waals surface area (Å²) in [5.41, 5.74) is 1.93. The Hall–Kier alpha value is -3.81. The highest BCUT2D eigenvalue weighted by molar-refractivity contribution is 5.82. The summed E-state index contributed by atoms with van der Waals surface area (Å²) >= 11 is 0. The Morgan fingerprint density at radius 1 is 1.03 bits per heavy atom. The highest BCUT2D eigenvalue weighted by Gasteiger charge is 2.35. The van der Waals surface area contributed by atoms with Gasteiger partial charge in [-0.15, -0.1) is 0 Å². The number of aliphatic carboxylic acids is 1. The second-order valence-corrected chi connectivity index (χ2v) is 8.52. The fourth-order valence-electron chi connectivity index (χ4n) is 3.76. The van der Waals surface area contributed by atoms with Crippen LogP contribution in [0.4, 0.5) is 13.2 Å². The van der Waals surface area contributed by atoms with Crippen LogP contribution < -0.4 is 4.74 Å². The van der Waals surface area contributed by atoms with Crippen molar-refractivity contribution >= 4 is 12.3 Å². The van der Waals surface area contributed by atoms with Gasteiger partial charge >= 0.3 is 12.1 Å². The number of carbonyl (C=O) groups is 2. The zero-order valence-electron chi connectivity index (χ0n) is 19.4. The molecule has 0 aromatic heterocycles. The maximum atomic E-state index is 13.0. The van der Waals surface area contributed by atoms with Gasteiger partial charge in [-0.3, -0.25) is 9.59 Å². The first kappa shape index (κ1) is 25.8. The molecule has 0 aliphatic carbocycles. The van der Waals surface area contributed by atoms with E-state index in [4.69, 9.17) is 4.74 Å². The maximum absolute atomic E-state index is 13.0. The van der Waals surface area contributed by atoms with Crippen molar-refractivity contribution in [1.82, 2.24) is 0 Å². The normalized spacial score (nSPS) is 12.4. The average Bonchev–Trinajstić information content (AvgIpc) is 2.81. The number of rotatable bonds is 8. The molecule has 0 heterocycles.